The van der Waals surface area contributed by atoms with Crippen molar-refractivity contribution in [3.05, 3.63) is 0 Å². The highest BCUT2D eigenvalue weighted by Crippen LogP contribution is 2.52. The average molecular weight is 381 g/mol. The molecule has 23 heavy (non-hydrogen) atoms. The largest absolute Gasteiger partial charge is 0.405 e. The molecule has 0 aromatic rings. The van der Waals surface area contributed by atoms with Crippen LogP contribution < -0.4 is 4.72 Å². The van der Waals surface area contributed by atoms with Crippen molar-refractivity contribution in [2.75, 3.05) is 6.16 Å². The lowest BCUT2D eigenvalue weighted by atomic mass is 10.3. The van der Waals surface area contributed by atoms with Crippen LogP contribution in [0.4, 0.5) is 13.2 Å². The Labute approximate surface area is 138 Å². The molecule has 0 aromatic heterocycles. The fourth-order valence-corrected chi connectivity index (χ4v) is 4.70. The van der Waals surface area contributed by atoms with Crippen molar-refractivity contribution in [1.82, 2.24) is 4.72 Å². The summed E-state index contributed by atoms with van der Waals surface area (Å²) in [6.45, 7) is 10.8. The average Bonchev–Trinajstić information content (AvgIpc) is 2.22. The molecule has 0 radical (unpaired) electrons. The summed E-state index contributed by atoms with van der Waals surface area (Å²) in [6, 6.07) is -2.26. The van der Waals surface area contributed by atoms with Crippen LogP contribution in [0, 0.1) is 0 Å². The number of nitrogens with one attached hydrogen (secondary N) is 1. The lowest BCUT2D eigenvalue weighted by Gasteiger charge is -2.30. The third kappa shape index (κ3) is 9.19. The number of alkyl halides is 3. The normalized spacial score (nSPS) is 16.9. The first-order valence-corrected chi connectivity index (χ1v) is 10.1. The molecule has 0 spiro atoms. The first-order chi connectivity index (χ1) is 10.1. The molecule has 0 aliphatic heterocycles. The summed E-state index contributed by atoms with van der Waals surface area (Å²) < 4.78 is 75.7. The van der Waals surface area contributed by atoms with Gasteiger partial charge in [-0.15, -0.1) is 0 Å². The van der Waals surface area contributed by atoms with Crippen LogP contribution in [0.2, 0.25) is 0 Å². The monoisotopic (exact) mass is 381 g/mol. The second-order valence-corrected chi connectivity index (χ2v) is 10.7. The van der Waals surface area contributed by atoms with E-state index in [-0.39, 0.29) is 0 Å². The molecule has 0 aliphatic carbocycles. The summed E-state index contributed by atoms with van der Waals surface area (Å²) in [7, 11) is -5.99. The fourth-order valence-electron chi connectivity index (χ4n) is 1.49. The van der Waals surface area contributed by atoms with Gasteiger partial charge in [-0.05, 0) is 48.5 Å². The molecule has 5 nitrogen and oxygen atoms in total. The van der Waals surface area contributed by atoms with Crippen LogP contribution in [0.1, 0.15) is 48.5 Å². The van der Waals surface area contributed by atoms with Crippen LogP contribution in [-0.4, -0.2) is 39.5 Å². The van der Waals surface area contributed by atoms with Crippen LogP contribution in [0.15, 0.2) is 0 Å². The van der Waals surface area contributed by atoms with Gasteiger partial charge < -0.3 is 9.05 Å². The van der Waals surface area contributed by atoms with Gasteiger partial charge in [-0.2, -0.15) is 13.2 Å². The highest BCUT2D eigenvalue weighted by atomic mass is 32.2. The van der Waals surface area contributed by atoms with Crippen LogP contribution in [0.3, 0.4) is 0 Å². The molecular formula is C13H27F3NO4PS. The van der Waals surface area contributed by atoms with Crippen LogP contribution >= 0.6 is 7.60 Å². The van der Waals surface area contributed by atoms with E-state index >= 15 is 0 Å². The van der Waals surface area contributed by atoms with Gasteiger partial charge in [0.15, 0.2) is 0 Å². The molecule has 0 aliphatic rings. The van der Waals surface area contributed by atoms with Crippen LogP contribution in [0.5, 0.6) is 0 Å². The van der Waals surface area contributed by atoms with E-state index in [2.05, 4.69) is 0 Å². The minimum atomic E-state index is -4.74. The van der Waals surface area contributed by atoms with E-state index in [0.717, 1.165) is 0 Å². The minimum Gasteiger partial charge on any atom is -0.306 e. The van der Waals surface area contributed by atoms with Gasteiger partial charge in [-0.3, -0.25) is 4.57 Å². The van der Waals surface area contributed by atoms with Gasteiger partial charge in [0.1, 0.15) is 6.04 Å². The van der Waals surface area contributed by atoms with E-state index in [9.17, 15) is 21.9 Å². The zero-order valence-corrected chi connectivity index (χ0v) is 16.3. The van der Waals surface area contributed by atoms with Crippen molar-refractivity contribution in [1.29, 1.82) is 0 Å². The maximum Gasteiger partial charge on any atom is 0.405 e. The maximum absolute atomic E-state index is 13.2. The van der Waals surface area contributed by atoms with E-state index in [1.54, 1.807) is 48.5 Å². The first kappa shape index (κ1) is 23.1. The lowest BCUT2D eigenvalue weighted by molar-refractivity contribution is -0.147. The highest BCUT2D eigenvalue weighted by Gasteiger charge is 2.47. The van der Waals surface area contributed by atoms with Crippen molar-refractivity contribution in [3.8, 4) is 0 Å². The van der Waals surface area contributed by atoms with Gasteiger partial charge in [0, 0.05) is 0 Å². The first-order valence-electron chi connectivity index (χ1n) is 7.27. The molecule has 10 heteroatoms. The number of rotatable bonds is 8. The van der Waals surface area contributed by atoms with E-state index in [1.165, 1.54) is 0 Å². The lowest BCUT2D eigenvalue weighted by Crippen LogP contribution is -2.49. The highest BCUT2D eigenvalue weighted by molar-refractivity contribution is 7.84. The summed E-state index contributed by atoms with van der Waals surface area (Å²) >= 11 is 0. The zero-order valence-electron chi connectivity index (χ0n) is 14.6. The van der Waals surface area contributed by atoms with Crippen molar-refractivity contribution in [3.63, 3.8) is 0 Å². The Morgan fingerprint density at radius 3 is 1.70 bits per heavy atom. The summed E-state index contributed by atoms with van der Waals surface area (Å²) in [5.74, 6) is 0. The van der Waals surface area contributed by atoms with Gasteiger partial charge in [0.05, 0.1) is 34.1 Å². The Morgan fingerprint density at radius 2 is 1.43 bits per heavy atom. The van der Waals surface area contributed by atoms with Crippen molar-refractivity contribution in [2.24, 2.45) is 0 Å². The Hall–Kier alpha value is 0.0500. The summed E-state index contributed by atoms with van der Waals surface area (Å²) in [5, 5.41) is 0. The summed E-state index contributed by atoms with van der Waals surface area (Å²) in [4.78, 5) is 0. The summed E-state index contributed by atoms with van der Waals surface area (Å²) in [5.41, 5.74) is 0. The molecule has 1 unspecified atom stereocenters. The minimum absolute atomic E-state index is 0.568. The van der Waals surface area contributed by atoms with E-state index in [0.29, 0.717) is 0 Å². The second-order valence-electron chi connectivity index (χ2n) is 6.69. The van der Waals surface area contributed by atoms with Gasteiger partial charge in [0.25, 0.3) is 0 Å². The van der Waals surface area contributed by atoms with E-state index in [1.807, 2.05) is 4.72 Å². The molecular weight excluding hydrogens is 354 g/mol. The zero-order chi connectivity index (χ0) is 18.6. The third-order valence-corrected chi connectivity index (χ3v) is 6.26. The fraction of sp³-hybridized carbons (Fsp3) is 1.00. The Bertz CT molecular complexity index is 435. The molecule has 0 amide bonds. The molecule has 0 bridgehead atoms. The maximum atomic E-state index is 13.2. The third-order valence-electron chi connectivity index (χ3n) is 2.35. The van der Waals surface area contributed by atoms with Crippen molar-refractivity contribution in [2.45, 2.75) is 77.6 Å². The van der Waals surface area contributed by atoms with E-state index in [4.69, 9.17) is 9.05 Å². The number of halogens is 3. The molecule has 0 heterocycles. The van der Waals surface area contributed by atoms with E-state index < -0.39 is 53.9 Å². The molecule has 140 valence electrons. The van der Waals surface area contributed by atoms with Crippen LogP contribution in [0.25, 0.3) is 0 Å². The molecule has 0 saturated heterocycles. The predicted octanol–water partition coefficient (Wildman–Crippen LogP) is 4.01. The predicted molar refractivity (Wildman–Crippen MR) is 85.8 cm³/mol. The SMILES string of the molecule is CC(C)OP(=O)(C[C@H](NS(=O)C(C)(C)C)C(F)(F)F)OC(C)C. The molecule has 0 saturated carbocycles. The van der Waals surface area contributed by atoms with Gasteiger partial charge in [0.2, 0.25) is 0 Å². The molecule has 0 rings (SSSR count). The Morgan fingerprint density at radius 1 is 1.04 bits per heavy atom. The Balaban J connectivity index is 5.40. The Kier molecular flexibility index (Phi) is 8.45. The van der Waals surface area contributed by atoms with Crippen LogP contribution in [-0.2, 0) is 24.6 Å². The molecule has 2 atom stereocenters. The smallest absolute Gasteiger partial charge is 0.306 e. The molecule has 0 fully saturated rings. The standard InChI is InChI=1S/C13H27F3NO4PS/c1-9(2)20-22(18,21-10(3)4)8-11(13(14,15)16)17-23(19)12(5,6)7/h9-11,17H,8H2,1-7H3/t11-,23?/m0/s1. The second kappa shape index (κ2) is 8.43. The van der Waals surface area contributed by atoms with Gasteiger partial charge in [-0.25, -0.2) is 8.93 Å². The number of hydrogen-bond acceptors (Lipinski definition) is 4. The van der Waals surface area contributed by atoms with Gasteiger partial charge in [-0.1, -0.05) is 0 Å². The summed E-state index contributed by atoms with van der Waals surface area (Å²) in [6.07, 6.45) is -6.81. The van der Waals surface area contributed by atoms with Crippen molar-refractivity contribution >= 4 is 18.6 Å². The molecule has 0 aromatic carbocycles. The molecule has 1 N–H and O–H groups in total. The number of hydrogen-bond donors (Lipinski definition) is 1. The quantitative estimate of drug-likeness (QED) is 0.645. The van der Waals surface area contributed by atoms with Crippen molar-refractivity contribution < 1.29 is 31.0 Å². The topological polar surface area (TPSA) is 64.6 Å². The van der Waals surface area contributed by atoms with Gasteiger partial charge >= 0.3 is 13.8 Å².